The first-order valence-corrected chi connectivity index (χ1v) is 7.08. The maximum Gasteiger partial charge on any atom is 0.213 e. The molecule has 0 aliphatic rings. The number of rotatable bonds is 4. The van der Waals surface area contributed by atoms with Gasteiger partial charge in [0.2, 0.25) is 5.88 Å². The fraction of sp³-hybridized carbons (Fsp3) is 0.412. The summed E-state index contributed by atoms with van der Waals surface area (Å²) in [5.41, 5.74) is 2.47. The number of ether oxygens (including phenoxy) is 2. The number of pyridine rings is 2. The average Bonchev–Trinajstić information content (AvgIpc) is 2.55. The van der Waals surface area contributed by atoms with E-state index >= 15 is 0 Å². The molecule has 114 valence electrons. The Bertz CT molecular complexity index is 523. The van der Waals surface area contributed by atoms with Crippen LogP contribution in [0.15, 0.2) is 36.8 Å². The summed E-state index contributed by atoms with van der Waals surface area (Å²) in [6, 6.07) is 5.94. The molecule has 2 aromatic heterocycles. The highest BCUT2D eigenvalue weighted by molar-refractivity contribution is 5.25. The molecule has 0 unspecified atom stereocenters. The van der Waals surface area contributed by atoms with Crippen LogP contribution in [0.3, 0.4) is 0 Å². The van der Waals surface area contributed by atoms with Gasteiger partial charge in [-0.25, -0.2) is 4.98 Å². The molecule has 0 bridgehead atoms. The maximum atomic E-state index is 5.04. The molecule has 0 radical (unpaired) electrons. The van der Waals surface area contributed by atoms with Gasteiger partial charge in [0.1, 0.15) is 5.75 Å². The topological polar surface area (TPSA) is 44.2 Å². The molecular weight excluding hydrogens is 264 g/mol. The third kappa shape index (κ3) is 5.81. The van der Waals surface area contributed by atoms with E-state index in [9.17, 15) is 0 Å². The minimum atomic E-state index is 0.512. The van der Waals surface area contributed by atoms with Crippen LogP contribution in [-0.4, -0.2) is 24.2 Å². The highest BCUT2D eigenvalue weighted by atomic mass is 16.5. The van der Waals surface area contributed by atoms with E-state index in [1.54, 1.807) is 26.6 Å². The smallest absolute Gasteiger partial charge is 0.213 e. The lowest BCUT2D eigenvalue weighted by Gasteiger charge is -2.05. The third-order valence-corrected chi connectivity index (χ3v) is 3.05. The molecule has 2 heterocycles. The van der Waals surface area contributed by atoms with E-state index in [1.807, 2.05) is 24.4 Å². The summed E-state index contributed by atoms with van der Waals surface area (Å²) in [6.45, 7) is 6.38. The van der Waals surface area contributed by atoms with Gasteiger partial charge in [-0.1, -0.05) is 20.8 Å². The van der Waals surface area contributed by atoms with Gasteiger partial charge in [-0.2, -0.15) is 0 Å². The van der Waals surface area contributed by atoms with Gasteiger partial charge < -0.3 is 9.47 Å². The van der Waals surface area contributed by atoms with Gasteiger partial charge in [0.15, 0.2) is 0 Å². The van der Waals surface area contributed by atoms with Crippen LogP contribution >= 0.6 is 0 Å². The zero-order valence-corrected chi connectivity index (χ0v) is 13.5. The molecule has 0 fully saturated rings. The number of hydrogen-bond acceptors (Lipinski definition) is 4. The largest absolute Gasteiger partial charge is 0.495 e. The summed E-state index contributed by atoms with van der Waals surface area (Å²) in [6.07, 6.45) is 6.37. The van der Waals surface area contributed by atoms with Crippen molar-refractivity contribution in [3.8, 4) is 11.6 Å². The zero-order chi connectivity index (χ0) is 15.7. The summed E-state index contributed by atoms with van der Waals surface area (Å²) < 4.78 is 9.99. The Morgan fingerprint density at radius 1 is 1.10 bits per heavy atom. The summed E-state index contributed by atoms with van der Waals surface area (Å²) in [4.78, 5) is 8.04. The minimum Gasteiger partial charge on any atom is -0.495 e. The van der Waals surface area contributed by atoms with Crippen molar-refractivity contribution in [2.75, 3.05) is 14.2 Å². The van der Waals surface area contributed by atoms with Crippen LogP contribution in [0, 0.1) is 0 Å². The van der Waals surface area contributed by atoms with Gasteiger partial charge in [-0.15, -0.1) is 0 Å². The van der Waals surface area contributed by atoms with E-state index in [0.717, 1.165) is 12.2 Å². The molecule has 0 atom stereocenters. The predicted octanol–water partition coefficient (Wildman–Crippen LogP) is 3.87. The molecule has 0 amide bonds. The van der Waals surface area contributed by atoms with Crippen LogP contribution in [0.2, 0.25) is 0 Å². The second-order valence-corrected chi connectivity index (χ2v) is 4.87. The van der Waals surface area contributed by atoms with E-state index in [2.05, 4.69) is 30.7 Å². The van der Waals surface area contributed by atoms with Crippen LogP contribution in [0.5, 0.6) is 11.6 Å². The molecule has 2 rings (SSSR count). The van der Waals surface area contributed by atoms with Gasteiger partial charge in [0.25, 0.3) is 0 Å². The summed E-state index contributed by atoms with van der Waals surface area (Å²) in [5, 5.41) is 0. The lowest BCUT2D eigenvalue weighted by molar-refractivity contribution is 0.397. The summed E-state index contributed by atoms with van der Waals surface area (Å²) in [7, 11) is 3.28. The van der Waals surface area contributed by atoms with Crippen molar-refractivity contribution in [2.45, 2.75) is 33.1 Å². The van der Waals surface area contributed by atoms with Crippen molar-refractivity contribution in [3.05, 3.63) is 47.9 Å². The first-order chi connectivity index (χ1) is 10.1. The molecular formula is C17H24N2O2. The number of aryl methyl sites for hydroxylation is 1. The molecule has 21 heavy (non-hydrogen) atoms. The van der Waals surface area contributed by atoms with Crippen molar-refractivity contribution < 1.29 is 9.47 Å². The second-order valence-electron chi connectivity index (χ2n) is 4.87. The van der Waals surface area contributed by atoms with Gasteiger partial charge in [0.05, 0.1) is 20.4 Å². The lowest BCUT2D eigenvalue weighted by Crippen LogP contribution is -1.90. The SMILES string of the molecule is CCc1ccnc(OC)c1.COc1cncc(C(C)C)c1. The van der Waals surface area contributed by atoms with Crippen LogP contribution in [0.1, 0.15) is 37.8 Å². The van der Waals surface area contributed by atoms with Crippen molar-refractivity contribution in [3.63, 3.8) is 0 Å². The Balaban J connectivity index is 0.000000211. The van der Waals surface area contributed by atoms with E-state index in [4.69, 9.17) is 9.47 Å². The molecule has 2 aromatic rings. The molecule has 0 aliphatic heterocycles. The van der Waals surface area contributed by atoms with E-state index in [-0.39, 0.29) is 0 Å². The fourth-order valence-electron chi connectivity index (χ4n) is 1.64. The van der Waals surface area contributed by atoms with E-state index < -0.39 is 0 Å². The normalized spacial score (nSPS) is 9.81. The second kappa shape index (κ2) is 8.95. The Morgan fingerprint density at radius 3 is 2.43 bits per heavy atom. The molecule has 0 spiro atoms. The number of aromatic nitrogens is 2. The van der Waals surface area contributed by atoms with Crippen LogP contribution in [0.4, 0.5) is 0 Å². The molecule has 0 saturated heterocycles. The van der Waals surface area contributed by atoms with E-state index in [0.29, 0.717) is 11.8 Å². The van der Waals surface area contributed by atoms with Crippen LogP contribution < -0.4 is 9.47 Å². The molecule has 0 aliphatic carbocycles. The fourth-order valence-corrected chi connectivity index (χ4v) is 1.64. The number of nitrogens with zero attached hydrogens (tertiary/aromatic N) is 2. The Kier molecular flexibility index (Phi) is 7.23. The van der Waals surface area contributed by atoms with Gasteiger partial charge in [-0.3, -0.25) is 4.98 Å². The standard InChI is InChI=1S/C9H13NO.C8H11NO/c1-7(2)8-4-9(11-3)6-10-5-8;1-3-7-4-5-9-8(6-7)10-2/h4-7H,1-3H3;4-6H,3H2,1-2H3. The number of methoxy groups -OCH3 is 2. The van der Waals surface area contributed by atoms with E-state index in [1.165, 1.54) is 11.1 Å². The van der Waals surface area contributed by atoms with Crippen molar-refractivity contribution in [1.29, 1.82) is 0 Å². The first kappa shape index (κ1) is 17.0. The molecule has 4 heteroatoms. The van der Waals surface area contributed by atoms with Crippen molar-refractivity contribution in [2.24, 2.45) is 0 Å². The molecule has 0 N–H and O–H groups in total. The zero-order valence-electron chi connectivity index (χ0n) is 13.5. The monoisotopic (exact) mass is 288 g/mol. The van der Waals surface area contributed by atoms with Gasteiger partial charge in [-0.05, 0) is 35.6 Å². The molecule has 0 aromatic carbocycles. The highest BCUT2D eigenvalue weighted by Crippen LogP contribution is 2.17. The first-order valence-electron chi connectivity index (χ1n) is 7.08. The minimum absolute atomic E-state index is 0.512. The van der Waals surface area contributed by atoms with Gasteiger partial charge >= 0.3 is 0 Å². The van der Waals surface area contributed by atoms with Crippen LogP contribution in [-0.2, 0) is 6.42 Å². The Morgan fingerprint density at radius 2 is 1.86 bits per heavy atom. The summed E-state index contributed by atoms with van der Waals surface area (Å²) >= 11 is 0. The quantitative estimate of drug-likeness (QED) is 0.856. The molecule has 0 saturated carbocycles. The summed E-state index contributed by atoms with van der Waals surface area (Å²) in [5.74, 6) is 2.04. The van der Waals surface area contributed by atoms with Crippen molar-refractivity contribution >= 4 is 0 Å². The van der Waals surface area contributed by atoms with Crippen molar-refractivity contribution in [1.82, 2.24) is 9.97 Å². The average molecular weight is 288 g/mol. The third-order valence-electron chi connectivity index (χ3n) is 3.05. The van der Waals surface area contributed by atoms with Gasteiger partial charge in [0, 0.05) is 18.5 Å². The van der Waals surface area contributed by atoms with Crippen LogP contribution in [0.25, 0.3) is 0 Å². The lowest BCUT2D eigenvalue weighted by atomic mass is 10.1. The Labute approximate surface area is 127 Å². The highest BCUT2D eigenvalue weighted by Gasteiger charge is 1.99. The maximum absolute atomic E-state index is 5.04. The number of hydrogen-bond donors (Lipinski definition) is 0. The Hall–Kier alpha value is -2.10. The molecule has 4 nitrogen and oxygen atoms in total. The predicted molar refractivity (Wildman–Crippen MR) is 85.0 cm³/mol.